The van der Waals surface area contributed by atoms with Crippen LogP contribution in [0.2, 0.25) is 0 Å². The molecule has 1 aromatic carbocycles. The van der Waals surface area contributed by atoms with Crippen LogP contribution in [0, 0.1) is 5.92 Å². The number of methoxy groups -OCH3 is 1. The number of rotatable bonds is 5. The molecule has 2 unspecified atom stereocenters. The summed E-state index contributed by atoms with van der Waals surface area (Å²) < 4.78 is 24.1. The average Bonchev–Trinajstić information content (AvgIpc) is 2.91. The Labute approximate surface area is 207 Å². The first-order valence-electron chi connectivity index (χ1n) is 12.2. The Bertz CT molecular complexity index is 1360. The van der Waals surface area contributed by atoms with Crippen LogP contribution in [0.15, 0.2) is 47.3 Å². The van der Waals surface area contributed by atoms with Gasteiger partial charge in [0.05, 0.1) is 12.8 Å². The monoisotopic (exact) mass is 492 g/mol. The van der Waals surface area contributed by atoms with Crippen molar-refractivity contribution in [2.45, 2.75) is 19.1 Å². The van der Waals surface area contributed by atoms with Gasteiger partial charge in [-0.15, -0.1) is 0 Å². The van der Waals surface area contributed by atoms with Crippen LogP contribution in [0.4, 0.5) is 10.5 Å². The molecule has 0 saturated carbocycles. The summed E-state index contributed by atoms with van der Waals surface area (Å²) in [6.45, 7) is 4.28. The van der Waals surface area contributed by atoms with E-state index in [2.05, 4.69) is 9.88 Å². The van der Waals surface area contributed by atoms with Gasteiger partial charge in [-0.25, -0.2) is 4.79 Å². The van der Waals surface area contributed by atoms with Crippen molar-refractivity contribution < 1.29 is 23.7 Å². The Balaban J connectivity index is 1.12. The number of aromatic nitrogens is 2. The molecule has 2 saturated heterocycles. The van der Waals surface area contributed by atoms with Crippen LogP contribution in [0.1, 0.15) is 6.42 Å². The van der Waals surface area contributed by atoms with E-state index in [4.69, 9.17) is 18.9 Å². The number of fused-ring (bicyclic) bond motifs is 3. The van der Waals surface area contributed by atoms with E-state index in [-0.39, 0.29) is 23.7 Å². The molecule has 2 atom stereocenters. The molecule has 5 heterocycles. The lowest BCUT2D eigenvalue weighted by molar-refractivity contribution is -0.00758. The third-order valence-corrected chi connectivity index (χ3v) is 7.16. The quantitative estimate of drug-likeness (QED) is 0.536. The zero-order chi connectivity index (χ0) is 24.6. The van der Waals surface area contributed by atoms with Crippen LogP contribution in [0.5, 0.6) is 17.4 Å². The van der Waals surface area contributed by atoms with E-state index in [0.29, 0.717) is 62.4 Å². The van der Waals surface area contributed by atoms with Crippen molar-refractivity contribution in [2.24, 2.45) is 5.92 Å². The zero-order valence-electron chi connectivity index (χ0n) is 20.1. The van der Waals surface area contributed by atoms with E-state index >= 15 is 0 Å². The van der Waals surface area contributed by atoms with Gasteiger partial charge in [0.15, 0.2) is 11.5 Å². The number of carbonyl (C=O) groups excluding carboxylic acids is 1. The fourth-order valence-electron chi connectivity index (χ4n) is 5.20. The van der Waals surface area contributed by atoms with Gasteiger partial charge in [0.1, 0.15) is 25.0 Å². The molecule has 10 nitrogen and oxygen atoms in total. The molecule has 6 rings (SSSR count). The summed E-state index contributed by atoms with van der Waals surface area (Å²) >= 11 is 0. The number of nitrogens with zero attached hydrogens (tertiary/aromatic N) is 4. The van der Waals surface area contributed by atoms with Crippen LogP contribution >= 0.6 is 0 Å². The van der Waals surface area contributed by atoms with Gasteiger partial charge in [0.25, 0.3) is 5.56 Å². The normalized spacial score (nSPS) is 21.7. The fraction of sp³-hybridized carbons (Fsp3) is 0.423. The standard InChI is InChI=1S/C26H28N4O6/c1-33-23-6-2-17-3-7-24(31)29(25(17)27-23)11-10-28-9-8-18-15-30(26(32)36-22(18)16-28)19-4-5-20-21(14-19)35-13-12-34-20/h2-7,14,18,22H,8-13,15-16H2,1H3. The third-order valence-electron chi connectivity index (χ3n) is 7.16. The number of ether oxygens (including phenoxy) is 4. The van der Waals surface area contributed by atoms with Gasteiger partial charge in [-0.05, 0) is 37.2 Å². The lowest BCUT2D eigenvalue weighted by Gasteiger charge is -2.44. The van der Waals surface area contributed by atoms with Crippen LogP contribution in [0.25, 0.3) is 11.0 Å². The second-order valence-electron chi connectivity index (χ2n) is 9.30. The number of benzene rings is 1. The highest BCUT2D eigenvalue weighted by Crippen LogP contribution is 2.36. The Morgan fingerprint density at radius 2 is 1.83 bits per heavy atom. The van der Waals surface area contributed by atoms with Crippen LogP contribution in [-0.4, -0.2) is 73.2 Å². The number of hydrogen-bond acceptors (Lipinski definition) is 8. The maximum atomic E-state index is 12.9. The Morgan fingerprint density at radius 1 is 1.00 bits per heavy atom. The summed E-state index contributed by atoms with van der Waals surface area (Å²) in [4.78, 5) is 33.9. The minimum Gasteiger partial charge on any atom is -0.486 e. The average molecular weight is 493 g/mol. The number of anilines is 1. The highest BCUT2D eigenvalue weighted by Gasteiger charge is 2.40. The summed E-state index contributed by atoms with van der Waals surface area (Å²) in [6, 6.07) is 12.6. The largest absolute Gasteiger partial charge is 0.486 e. The summed E-state index contributed by atoms with van der Waals surface area (Å²) in [5, 5.41) is 0.884. The molecule has 3 aromatic rings. The van der Waals surface area contributed by atoms with Gasteiger partial charge in [0.2, 0.25) is 5.88 Å². The first-order valence-corrected chi connectivity index (χ1v) is 12.2. The number of pyridine rings is 2. The Morgan fingerprint density at radius 3 is 2.69 bits per heavy atom. The molecule has 0 bridgehead atoms. The smallest absolute Gasteiger partial charge is 0.414 e. The topological polar surface area (TPSA) is 95.4 Å². The molecule has 0 N–H and O–H groups in total. The molecule has 36 heavy (non-hydrogen) atoms. The summed E-state index contributed by atoms with van der Waals surface area (Å²) in [7, 11) is 1.56. The zero-order valence-corrected chi connectivity index (χ0v) is 20.1. The van der Waals surface area contributed by atoms with Gasteiger partial charge in [-0.2, -0.15) is 4.98 Å². The van der Waals surface area contributed by atoms with E-state index in [9.17, 15) is 9.59 Å². The van der Waals surface area contributed by atoms with E-state index in [1.54, 1.807) is 34.8 Å². The van der Waals surface area contributed by atoms with Crippen molar-refractivity contribution in [2.75, 3.05) is 51.4 Å². The molecule has 1 amide bonds. The molecule has 2 fully saturated rings. The Kier molecular flexibility index (Phi) is 5.88. The van der Waals surface area contributed by atoms with Gasteiger partial charge < -0.3 is 18.9 Å². The lowest BCUT2D eigenvalue weighted by atomic mass is 9.91. The predicted molar refractivity (Wildman–Crippen MR) is 132 cm³/mol. The molecule has 3 aliphatic rings. The minimum absolute atomic E-state index is 0.0997. The molecule has 0 aliphatic carbocycles. The number of carbonyl (C=O) groups is 1. The van der Waals surface area contributed by atoms with Crippen molar-refractivity contribution in [1.82, 2.24) is 14.5 Å². The predicted octanol–water partition coefficient (Wildman–Crippen LogP) is 2.52. The third kappa shape index (κ3) is 4.21. The van der Waals surface area contributed by atoms with Crippen molar-refractivity contribution in [3.8, 4) is 17.4 Å². The molecule has 0 spiro atoms. The number of likely N-dealkylation sites (tertiary alicyclic amines) is 1. The fourth-order valence-corrected chi connectivity index (χ4v) is 5.20. The SMILES string of the molecule is COc1ccc2ccc(=O)n(CCN3CCC4CN(c5ccc6c(c5)OCCO6)C(=O)OC4C3)c2n1. The molecular formula is C26H28N4O6. The Hall–Kier alpha value is -3.79. The second kappa shape index (κ2) is 9.34. The summed E-state index contributed by atoms with van der Waals surface area (Å²) in [5.41, 5.74) is 1.26. The van der Waals surface area contributed by atoms with Crippen LogP contribution < -0.4 is 24.7 Å². The number of amides is 1. The lowest BCUT2D eigenvalue weighted by Crippen LogP contribution is -2.56. The highest BCUT2D eigenvalue weighted by molar-refractivity contribution is 5.89. The van der Waals surface area contributed by atoms with E-state index < -0.39 is 0 Å². The highest BCUT2D eigenvalue weighted by atomic mass is 16.6. The van der Waals surface area contributed by atoms with Crippen LogP contribution in [-0.2, 0) is 11.3 Å². The number of piperidine rings is 1. The number of hydrogen-bond donors (Lipinski definition) is 0. The van der Waals surface area contributed by atoms with Gasteiger partial charge >= 0.3 is 6.09 Å². The molecule has 0 radical (unpaired) electrons. The summed E-state index contributed by atoms with van der Waals surface area (Å²) in [6.07, 6.45) is 0.369. The molecule has 188 valence electrons. The maximum absolute atomic E-state index is 12.9. The first kappa shape index (κ1) is 22.7. The minimum atomic E-state index is -0.351. The van der Waals surface area contributed by atoms with E-state index in [0.717, 1.165) is 24.0 Å². The van der Waals surface area contributed by atoms with Crippen LogP contribution in [0.3, 0.4) is 0 Å². The molecular weight excluding hydrogens is 464 g/mol. The maximum Gasteiger partial charge on any atom is 0.414 e. The summed E-state index contributed by atoms with van der Waals surface area (Å²) in [5.74, 6) is 2.05. The molecule has 3 aliphatic heterocycles. The molecule has 10 heteroatoms. The molecule has 2 aromatic heterocycles. The second-order valence-corrected chi connectivity index (χ2v) is 9.30. The first-order chi connectivity index (χ1) is 17.6. The van der Waals surface area contributed by atoms with E-state index in [1.807, 2.05) is 24.3 Å². The van der Waals surface area contributed by atoms with Crippen molar-refractivity contribution in [3.63, 3.8) is 0 Å². The van der Waals surface area contributed by atoms with Crippen molar-refractivity contribution in [3.05, 3.63) is 52.8 Å². The van der Waals surface area contributed by atoms with Gasteiger partial charge in [-0.1, -0.05) is 0 Å². The van der Waals surface area contributed by atoms with Crippen molar-refractivity contribution >= 4 is 22.8 Å². The van der Waals surface area contributed by atoms with Crippen molar-refractivity contribution in [1.29, 1.82) is 0 Å². The van der Waals surface area contributed by atoms with E-state index in [1.165, 1.54) is 0 Å². The van der Waals surface area contributed by atoms with Gasteiger partial charge in [0, 0.05) is 55.7 Å². The van der Waals surface area contributed by atoms with Gasteiger partial charge in [-0.3, -0.25) is 19.2 Å².